The first-order valence-electron chi connectivity index (χ1n) is 11.3. The van der Waals surface area contributed by atoms with Crippen LogP contribution in [0.5, 0.6) is 5.75 Å². The number of carbonyl (C=O) groups is 1. The van der Waals surface area contributed by atoms with E-state index in [4.69, 9.17) is 14.5 Å². The highest BCUT2D eigenvalue weighted by Gasteiger charge is 2.39. The van der Waals surface area contributed by atoms with Crippen molar-refractivity contribution in [3.05, 3.63) is 35.5 Å². The van der Waals surface area contributed by atoms with Gasteiger partial charge >= 0.3 is 5.97 Å². The second kappa shape index (κ2) is 7.92. The van der Waals surface area contributed by atoms with Crippen LogP contribution in [0, 0.1) is 23.2 Å². The molecule has 2 aliphatic carbocycles. The van der Waals surface area contributed by atoms with Gasteiger partial charge in [0.15, 0.2) is 5.82 Å². The Morgan fingerprint density at radius 1 is 1.21 bits per heavy atom. The first kappa shape index (κ1) is 21.5. The van der Waals surface area contributed by atoms with Crippen molar-refractivity contribution >= 4 is 17.0 Å². The largest absolute Gasteiger partial charge is 0.494 e. The third-order valence-electron chi connectivity index (χ3n) is 6.81. The third-order valence-corrected chi connectivity index (χ3v) is 6.81. The van der Waals surface area contributed by atoms with Gasteiger partial charge in [-0.15, -0.1) is 0 Å². The molecule has 1 N–H and O–H groups in total. The number of nitrogens with zero attached hydrogens (tertiary/aromatic N) is 4. The lowest BCUT2D eigenvalue weighted by molar-refractivity contribution is -0.0613. The van der Waals surface area contributed by atoms with Gasteiger partial charge in [-0.25, -0.2) is 9.78 Å². The topological polar surface area (TPSA) is 102 Å². The first-order chi connectivity index (χ1) is 15.8. The highest BCUT2D eigenvalue weighted by Crippen LogP contribution is 2.42. The summed E-state index contributed by atoms with van der Waals surface area (Å²) in [6.07, 6.45) is 3.77. The van der Waals surface area contributed by atoms with Crippen LogP contribution in [0.25, 0.3) is 22.6 Å². The summed E-state index contributed by atoms with van der Waals surface area (Å²) < 4.78 is 14.8. The molecule has 0 radical (unpaired) electrons. The van der Waals surface area contributed by atoms with Crippen molar-refractivity contribution in [2.24, 2.45) is 11.8 Å². The van der Waals surface area contributed by atoms with Crippen molar-refractivity contribution in [2.45, 2.75) is 51.3 Å². The molecule has 3 aromatic rings. The number of ether oxygens (including phenoxy) is 2. The van der Waals surface area contributed by atoms with Crippen LogP contribution in [0.3, 0.4) is 0 Å². The van der Waals surface area contributed by atoms with Crippen molar-refractivity contribution in [3.63, 3.8) is 0 Å². The number of hydrogen-bond donors (Lipinski definition) is 1. The molecule has 2 heterocycles. The van der Waals surface area contributed by atoms with Gasteiger partial charge in [0.05, 0.1) is 36.6 Å². The second-order valence-corrected chi connectivity index (χ2v) is 9.62. The van der Waals surface area contributed by atoms with Crippen LogP contribution in [0.2, 0.25) is 0 Å². The molecule has 8 heteroatoms. The highest BCUT2D eigenvalue weighted by atomic mass is 16.5. The lowest BCUT2D eigenvalue weighted by Gasteiger charge is -2.41. The van der Waals surface area contributed by atoms with Gasteiger partial charge in [0, 0.05) is 13.1 Å². The highest BCUT2D eigenvalue weighted by molar-refractivity contribution is 5.97. The van der Waals surface area contributed by atoms with Crippen molar-refractivity contribution in [3.8, 4) is 23.3 Å². The molecular weight excluding hydrogens is 420 g/mol. The summed E-state index contributed by atoms with van der Waals surface area (Å²) in [6.45, 7) is 3.31. The van der Waals surface area contributed by atoms with Crippen LogP contribution >= 0.6 is 0 Å². The van der Waals surface area contributed by atoms with E-state index in [-0.39, 0.29) is 0 Å². The molecule has 172 valence electrons. The summed E-state index contributed by atoms with van der Waals surface area (Å²) in [7, 11) is 2.92. The standard InChI is InChI=1S/C25H28N4O4/c1-25(31)10-16(11-25)14-29-22-19(8-17(24(30)33-3)9-21(22)32-2)27-23(29)20-7-6-18(12-26)28(20)13-15-4-5-15/h6-9,15-16,31H,4-5,10-11,13-14H2,1-3H3/t16-,25+. The minimum Gasteiger partial charge on any atom is -0.494 e. The zero-order valence-electron chi connectivity index (χ0n) is 19.2. The summed E-state index contributed by atoms with van der Waals surface area (Å²) in [6, 6.07) is 9.49. The average Bonchev–Trinajstić information content (AvgIpc) is 3.40. The SMILES string of the molecule is COC(=O)c1cc(OC)c2c(c1)nc(-c1ccc(C#N)n1CC1CC1)n2C[C@H]1C[C@@](C)(O)C1. The molecule has 33 heavy (non-hydrogen) atoms. The molecule has 5 rings (SSSR count). The van der Waals surface area contributed by atoms with Crippen molar-refractivity contribution in [1.82, 2.24) is 14.1 Å². The zero-order valence-corrected chi connectivity index (χ0v) is 19.2. The Kier molecular flexibility index (Phi) is 5.17. The van der Waals surface area contributed by atoms with E-state index in [1.54, 1.807) is 19.2 Å². The molecule has 0 amide bonds. The molecule has 2 aliphatic rings. The summed E-state index contributed by atoms with van der Waals surface area (Å²) in [4.78, 5) is 17.2. The van der Waals surface area contributed by atoms with Crippen molar-refractivity contribution in [1.29, 1.82) is 5.26 Å². The molecular formula is C25H28N4O4. The molecule has 0 atom stereocenters. The lowest BCUT2D eigenvalue weighted by atomic mass is 9.72. The number of aromatic nitrogens is 3. The van der Waals surface area contributed by atoms with E-state index < -0.39 is 11.6 Å². The van der Waals surface area contributed by atoms with Gasteiger partial charge in [0.25, 0.3) is 0 Å². The van der Waals surface area contributed by atoms with Crippen LogP contribution in [0.15, 0.2) is 24.3 Å². The van der Waals surface area contributed by atoms with E-state index in [0.717, 1.165) is 23.6 Å². The van der Waals surface area contributed by atoms with Gasteiger partial charge in [0.1, 0.15) is 23.0 Å². The van der Waals surface area contributed by atoms with E-state index in [9.17, 15) is 15.2 Å². The summed E-state index contributed by atoms with van der Waals surface area (Å²) in [5.41, 5.74) is 2.66. The number of imidazole rings is 1. The maximum atomic E-state index is 12.2. The van der Waals surface area contributed by atoms with Crippen molar-refractivity contribution < 1.29 is 19.4 Å². The predicted molar refractivity (Wildman–Crippen MR) is 122 cm³/mol. The van der Waals surface area contributed by atoms with E-state index in [2.05, 4.69) is 15.2 Å². The number of benzene rings is 1. The molecule has 0 bridgehead atoms. The number of esters is 1. The summed E-state index contributed by atoms with van der Waals surface area (Å²) in [5.74, 6) is 1.70. The zero-order chi connectivity index (χ0) is 23.3. The molecule has 0 spiro atoms. The number of nitriles is 1. The molecule has 2 saturated carbocycles. The van der Waals surface area contributed by atoms with E-state index >= 15 is 0 Å². The summed E-state index contributed by atoms with van der Waals surface area (Å²) >= 11 is 0. The third kappa shape index (κ3) is 3.87. The molecule has 0 aliphatic heterocycles. The predicted octanol–water partition coefficient (Wildman–Crippen LogP) is 3.74. The van der Waals surface area contributed by atoms with Gasteiger partial charge < -0.3 is 23.7 Å². The maximum absolute atomic E-state index is 12.2. The van der Waals surface area contributed by atoms with Crippen LogP contribution in [-0.4, -0.2) is 45.0 Å². The maximum Gasteiger partial charge on any atom is 0.338 e. The number of carbonyl (C=O) groups excluding carboxylic acids is 1. The number of aliphatic hydroxyl groups is 1. The Balaban J connectivity index is 1.69. The van der Waals surface area contributed by atoms with E-state index in [1.807, 2.05) is 19.1 Å². The van der Waals surface area contributed by atoms with Crippen LogP contribution in [0.4, 0.5) is 0 Å². The van der Waals surface area contributed by atoms with Crippen LogP contribution in [0.1, 0.15) is 48.7 Å². The Labute approximate surface area is 192 Å². The number of methoxy groups -OCH3 is 2. The van der Waals surface area contributed by atoms with E-state index in [0.29, 0.717) is 53.7 Å². The number of rotatable bonds is 7. The quantitative estimate of drug-likeness (QED) is 0.553. The normalized spacial score (nSPS) is 22.1. The van der Waals surface area contributed by atoms with E-state index in [1.165, 1.54) is 20.0 Å². The van der Waals surface area contributed by atoms with Gasteiger partial charge in [-0.1, -0.05) is 0 Å². The molecule has 0 saturated heterocycles. The molecule has 8 nitrogen and oxygen atoms in total. The minimum atomic E-state index is -0.635. The number of fused-ring (bicyclic) bond motifs is 1. The van der Waals surface area contributed by atoms with Gasteiger partial charge in [0.2, 0.25) is 0 Å². The Morgan fingerprint density at radius 3 is 2.55 bits per heavy atom. The monoisotopic (exact) mass is 448 g/mol. The molecule has 2 aromatic heterocycles. The molecule has 0 unspecified atom stereocenters. The summed E-state index contributed by atoms with van der Waals surface area (Å²) in [5, 5.41) is 20.0. The number of hydrogen-bond acceptors (Lipinski definition) is 6. The Morgan fingerprint density at radius 2 is 1.94 bits per heavy atom. The van der Waals surface area contributed by atoms with Crippen LogP contribution in [-0.2, 0) is 17.8 Å². The Hall–Kier alpha value is -3.31. The second-order valence-electron chi connectivity index (χ2n) is 9.62. The fourth-order valence-corrected chi connectivity index (χ4v) is 5.08. The smallest absolute Gasteiger partial charge is 0.338 e. The average molecular weight is 449 g/mol. The Bertz CT molecular complexity index is 1270. The fourth-order valence-electron chi connectivity index (χ4n) is 5.08. The lowest BCUT2D eigenvalue weighted by Crippen LogP contribution is -2.42. The first-order valence-corrected chi connectivity index (χ1v) is 11.3. The minimum absolute atomic E-state index is 0.295. The fraction of sp³-hybridized carbons (Fsp3) is 0.480. The molecule has 2 fully saturated rings. The van der Waals surface area contributed by atoms with Crippen molar-refractivity contribution in [2.75, 3.05) is 14.2 Å². The van der Waals surface area contributed by atoms with Gasteiger partial charge in [-0.2, -0.15) is 5.26 Å². The van der Waals surface area contributed by atoms with Gasteiger partial charge in [-0.05, 0) is 68.7 Å². The molecule has 1 aromatic carbocycles. The van der Waals surface area contributed by atoms with Gasteiger partial charge in [-0.3, -0.25) is 0 Å². The van der Waals surface area contributed by atoms with Crippen LogP contribution < -0.4 is 4.74 Å².